The molecule has 0 bridgehead atoms. The topological polar surface area (TPSA) is 31.4 Å². The van der Waals surface area contributed by atoms with Crippen LogP contribution in [0.15, 0.2) is 0 Å². The van der Waals surface area contributed by atoms with Gasteiger partial charge in [-0.2, -0.15) is 0 Å². The molecule has 0 N–H and O–H groups in total. The first-order chi connectivity index (χ1) is 29.0. The summed E-state index contributed by atoms with van der Waals surface area (Å²) in [6.45, 7) is 45.6. The van der Waals surface area contributed by atoms with Gasteiger partial charge in [-0.15, -0.1) is 0 Å². The molecule has 6 heteroatoms. The molecule has 1 aliphatic carbocycles. The fraction of sp³-hybridized carbons (Fsp3) is 1.00. The summed E-state index contributed by atoms with van der Waals surface area (Å²) in [4.78, 5) is 10.1. The van der Waals surface area contributed by atoms with Gasteiger partial charge in [0.2, 0.25) is 0 Å². The summed E-state index contributed by atoms with van der Waals surface area (Å²) in [5.41, 5.74) is 0. The van der Waals surface area contributed by atoms with Crippen LogP contribution in [0.4, 0.5) is 0 Å². The van der Waals surface area contributed by atoms with E-state index in [-0.39, 0.29) is 0 Å². The smallest absolute Gasteiger partial charge is 0.0598 e. The van der Waals surface area contributed by atoms with E-state index in [4.69, 9.17) is 9.47 Å². The third kappa shape index (κ3) is 29.1. The van der Waals surface area contributed by atoms with Gasteiger partial charge < -0.3 is 29.1 Å². The minimum Gasteiger partial charge on any atom is -0.381 e. The number of likely N-dealkylation sites (tertiary alicyclic amines) is 4. The molecule has 7 rings (SSSR count). The first kappa shape index (κ1) is 58.8. The molecule has 6 heterocycles. The molecule has 0 aromatic rings. The van der Waals surface area contributed by atoms with E-state index in [1.165, 1.54) is 168 Å². The molecule has 0 aromatic heterocycles. The normalized spacial score (nSPS) is 24.9. The van der Waals surface area contributed by atoms with Crippen molar-refractivity contribution in [1.29, 1.82) is 0 Å². The second-order valence-electron chi connectivity index (χ2n) is 22.4. The van der Waals surface area contributed by atoms with Gasteiger partial charge in [-0.25, -0.2) is 0 Å². The fourth-order valence-corrected chi connectivity index (χ4v) is 9.83. The zero-order valence-electron chi connectivity index (χ0n) is 44.5. The van der Waals surface area contributed by atoms with E-state index in [9.17, 15) is 0 Å². The van der Waals surface area contributed by atoms with Crippen LogP contribution in [0.1, 0.15) is 213 Å². The molecule has 366 valence electrons. The standard InChI is InChI=1S/C9H19N.C9H18.2C8H17N.C7H15N.2C7H14O/c1-8(2)9-4-6-10(3)7-5-9;3*1-8(2)9-6-4-3-5-7-9;1-7(2)8-5-3-4-6-8;1-6(2)7-3-4-8-5-7;1-6(2)7-4-3-5-8-7/h8-9H,4-7H2,1-3H3;8-9H,3-7H2,1-2H3;2*8H,3-7H2,1-2H3;7H,3-6H2,1-2H3;2*6-7H,3-5H2,1-2H3. The molecule has 0 radical (unpaired) electrons. The predicted octanol–water partition coefficient (Wildman–Crippen LogP) is 14.0. The third-order valence-electron chi connectivity index (χ3n) is 15.0. The Morgan fingerprint density at radius 1 is 0.344 bits per heavy atom. The van der Waals surface area contributed by atoms with E-state index in [0.717, 1.165) is 79.4 Å². The molecule has 0 spiro atoms. The Bertz CT molecular complexity index is 826. The second kappa shape index (κ2) is 35.9. The number of piperidine rings is 3. The average molecular weight is 864 g/mol. The van der Waals surface area contributed by atoms with Crippen molar-refractivity contribution in [1.82, 2.24) is 19.6 Å². The summed E-state index contributed by atoms with van der Waals surface area (Å²) >= 11 is 0. The summed E-state index contributed by atoms with van der Waals surface area (Å²) in [6, 6.07) is 2.31. The number of hydrogen-bond acceptors (Lipinski definition) is 6. The van der Waals surface area contributed by atoms with Crippen LogP contribution in [0.3, 0.4) is 0 Å². The Hall–Kier alpha value is -0.240. The Labute approximate surface area is 385 Å². The minimum absolute atomic E-state index is 0.565. The van der Waals surface area contributed by atoms with Gasteiger partial charge in [0.15, 0.2) is 0 Å². The lowest BCUT2D eigenvalue weighted by Crippen LogP contribution is -2.35. The summed E-state index contributed by atoms with van der Waals surface area (Å²) in [5, 5.41) is 0. The van der Waals surface area contributed by atoms with Gasteiger partial charge in [0.1, 0.15) is 0 Å². The maximum Gasteiger partial charge on any atom is 0.0598 e. The second-order valence-corrected chi connectivity index (χ2v) is 22.4. The molecule has 6 nitrogen and oxygen atoms in total. The van der Waals surface area contributed by atoms with E-state index in [1.54, 1.807) is 0 Å². The van der Waals surface area contributed by atoms with Gasteiger partial charge in [-0.1, -0.05) is 100 Å². The van der Waals surface area contributed by atoms with Gasteiger partial charge >= 0.3 is 0 Å². The van der Waals surface area contributed by atoms with Crippen LogP contribution in [0.2, 0.25) is 0 Å². The van der Waals surface area contributed by atoms with Crippen molar-refractivity contribution < 1.29 is 9.47 Å². The minimum atomic E-state index is 0.565. The number of hydrogen-bond donors (Lipinski definition) is 0. The van der Waals surface area contributed by atoms with Crippen molar-refractivity contribution in [3.8, 4) is 0 Å². The van der Waals surface area contributed by atoms with E-state index < -0.39 is 0 Å². The van der Waals surface area contributed by atoms with Gasteiger partial charge in [0.05, 0.1) is 6.10 Å². The van der Waals surface area contributed by atoms with E-state index >= 15 is 0 Å². The van der Waals surface area contributed by atoms with Gasteiger partial charge in [-0.05, 0) is 213 Å². The largest absolute Gasteiger partial charge is 0.381 e. The summed E-state index contributed by atoms with van der Waals surface area (Å²) in [5.74, 6) is 6.26. The molecular formula is C55H114N4O2. The van der Waals surface area contributed by atoms with E-state index in [2.05, 4.69) is 124 Å². The zero-order valence-corrected chi connectivity index (χ0v) is 44.5. The van der Waals surface area contributed by atoms with Crippen LogP contribution < -0.4 is 0 Å². The Morgan fingerprint density at radius 3 is 0.967 bits per heavy atom. The lowest BCUT2D eigenvalue weighted by molar-refractivity contribution is 0.0758. The van der Waals surface area contributed by atoms with Crippen molar-refractivity contribution in [2.75, 3.05) is 79.2 Å². The van der Waals surface area contributed by atoms with Crippen LogP contribution in [0, 0.1) is 41.4 Å². The lowest BCUT2D eigenvalue weighted by atomic mass is 9.82. The van der Waals surface area contributed by atoms with E-state index in [1.807, 2.05) is 0 Å². The van der Waals surface area contributed by atoms with Crippen LogP contribution in [0.5, 0.6) is 0 Å². The van der Waals surface area contributed by atoms with Crippen molar-refractivity contribution in [2.24, 2.45) is 41.4 Å². The first-order valence-electron chi connectivity index (χ1n) is 27.1. The molecule has 0 amide bonds. The number of ether oxygens (including phenoxy) is 2. The Morgan fingerprint density at radius 2 is 0.721 bits per heavy atom. The molecule has 0 aromatic carbocycles. The van der Waals surface area contributed by atoms with Crippen LogP contribution in [0.25, 0.3) is 0 Å². The molecule has 6 saturated heterocycles. The van der Waals surface area contributed by atoms with Crippen molar-refractivity contribution >= 4 is 0 Å². The molecule has 61 heavy (non-hydrogen) atoms. The van der Waals surface area contributed by atoms with Crippen LogP contribution >= 0.6 is 0 Å². The summed E-state index contributed by atoms with van der Waals surface area (Å²) in [7, 11) is 2.22. The first-order valence-corrected chi connectivity index (χ1v) is 27.1. The van der Waals surface area contributed by atoms with Gasteiger partial charge in [0.25, 0.3) is 0 Å². The summed E-state index contributed by atoms with van der Waals surface area (Å²) < 4.78 is 10.6. The highest BCUT2D eigenvalue weighted by Crippen LogP contribution is 2.29. The highest BCUT2D eigenvalue weighted by molar-refractivity contribution is 4.73. The van der Waals surface area contributed by atoms with Crippen LogP contribution in [-0.4, -0.2) is 123 Å². The quantitative estimate of drug-likeness (QED) is 0.253. The van der Waals surface area contributed by atoms with Crippen molar-refractivity contribution in [3.63, 3.8) is 0 Å². The van der Waals surface area contributed by atoms with Gasteiger partial charge in [-0.3, -0.25) is 0 Å². The Balaban J connectivity index is 0.000000356. The average Bonchev–Trinajstić information content (AvgIpc) is 4.09. The molecule has 1 saturated carbocycles. The highest BCUT2D eigenvalue weighted by atomic mass is 16.5. The molecule has 7 aliphatic rings. The monoisotopic (exact) mass is 863 g/mol. The van der Waals surface area contributed by atoms with Crippen molar-refractivity contribution in [3.05, 3.63) is 0 Å². The third-order valence-corrected chi connectivity index (χ3v) is 15.0. The molecule has 6 aliphatic heterocycles. The molecular weight excluding hydrogens is 749 g/mol. The fourth-order valence-electron chi connectivity index (χ4n) is 9.83. The highest BCUT2D eigenvalue weighted by Gasteiger charge is 2.21. The number of nitrogens with zero attached hydrogens (tertiary/aromatic N) is 4. The number of rotatable bonds is 7. The predicted molar refractivity (Wildman–Crippen MR) is 271 cm³/mol. The lowest BCUT2D eigenvalue weighted by Gasteiger charge is -2.31. The molecule has 2 atom stereocenters. The zero-order chi connectivity index (χ0) is 45.6. The van der Waals surface area contributed by atoms with E-state index in [0.29, 0.717) is 6.10 Å². The molecule has 2 unspecified atom stereocenters. The summed E-state index contributed by atoms with van der Waals surface area (Å²) in [6.07, 6.45) is 26.1. The molecule has 7 fully saturated rings. The van der Waals surface area contributed by atoms with Gasteiger partial charge in [0, 0.05) is 37.9 Å². The van der Waals surface area contributed by atoms with Crippen molar-refractivity contribution in [2.45, 2.75) is 237 Å². The van der Waals surface area contributed by atoms with Crippen LogP contribution in [-0.2, 0) is 9.47 Å². The maximum atomic E-state index is 5.41. The maximum absolute atomic E-state index is 5.41. The Kier molecular flexibility index (Phi) is 34.6. The SMILES string of the molecule is CC(C)C1CCCCC1.CC(C)C1CCCO1.CC(C)C1CCN(C)CC1.CC(C)C1CCOC1.CC(C)N1CCCC1.CC(C)N1CCCCC1.CC(C)N1CCCCC1.